The van der Waals surface area contributed by atoms with Gasteiger partial charge in [-0.3, -0.25) is 9.59 Å². The molecule has 3 aromatic rings. The Kier molecular flexibility index (Phi) is 14.5. The smallest absolute Gasteiger partial charge is 0.303 e. The molecule has 3 rings (SSSR count). The number of aliphatic carboxylic acids is 1. The molecule has 0 saturated carbocycles. The van der Waals surface area contributed by atoms with Gasteiger partial charge in [-0.15, -0.1) is 0 Å². The van der Waals surface area contributed by atoms with E-state index in [9.17, 15) is 9.59 Å². The normalized spacial score (nSPS) is 11.4. The van der Waals surface area contributed by atoms with Crippen LogP contribution in [0.5, 0.6) is 5.75 Å². The fraction of sp³-hybridized carbons (Fsp3) is 0.556. The molecule has 5 heteroatoms. The van der Waals surface area contributed by atoms with Gasteiger partial charge >= 0.3 is 5.97 Å². The van der Waals surface area contributed by atoms with Gasteiger partial charge < -0.3 is 14.4 Å². The van der Waals surface area contributed by atoms with Gasteiger partial charge in [0.1, 0.15) is 5.75 Å². The zero-order valence-electron chi connectivity index (χ0n) is 25.4. The predicted molar refractivity (Wildman–Crippen MR) is 169 cm³/mol. The molecule has 224 valence electrons. The summed E-state index contributed by atoms with van der Waals surface area (Å²) in [6.45, 7) is 5.07. The van der Waals surface area contributed by atoms with E-state index in [0.717, 1.165) is 29.5 Å². The van der Waals surface area contributed by atoms with Crippen molar-refractivity contribution in [2.75, 3.05) is 0 Å². The number of nitrogens with zero attached hydrogens (tertiary/aromatic N) is 1. The van der Waals surface area contributed by atoms with E-state index in [2.05, 4.69) is 13.8 Å². The van der Waals surface area contributed by atoms with Crippen molar-refractivity contribution in [1.29, 1.82) is 0 Å². The van der Waals surface area contributed by atoms with Crippen LogP contribution in [0.3, 0.4) is 0 Å². The van der Waals surface area contributed by atoms with E-state index >= 15 is 0 Å². The van der Waals surface area contributed by atoms with E-state index < -0.39 is 5.97 Å². The number of ether oxygens (including phenoxy) is 1. The summed E-state index contributed by atoms with van der Waals surface area (Å²) in [5, 5.41) is 9.91. The van der Waals surface area contributed by atoms with E-state index in [1.807, 2.05) is 59.3 Å². The maximum absolute atomic E-state index is 13.5. The Hall–Kier alpha value is -3.08. The number of rotatable bonds is 22. The molecule has 0 aliphatic rings. The van der Waals surface area contributed by atoms with Crippen LogP contribution in [-0.2, 0) is 11.3 Å². The number of unbranched alkanes of at least 4 members (excludes halogenated alkanes) is 10. The lowest BCUT2D eigenvalue weighted by atomic mass is 10.0. The Bertz CT molecular complexity index is 1160. The molecule has 5 nitrogen and oxygen atoms in total. The molecule has 0 aliphatic carbocycles. The molecule has 0 radical (unpaired) electrons. The molecule has 0 saturated heterocycles. The Morgan fingerprint density at radius 3 is 1.95 bits per heavy atom. The van der Waals surface area contributed by atoms with E-state index in [0.29, 0.717) is 24.1 Å². The summed E-state index contributed by atoms with van der Waals surface area (Å²) in [6, 6.07) is 15.5. The number of hydrogen-bond acceptors (Lipinski definition) is 3. The molecule has 0 aliphatic heterocycles. The van der Waals surface area contributed by atoms with Gasteiger partial charge in [-0.05, 0) is 62.4 Å². The van der Waals surface area contributed by atoms with Crippen molar-refractivity contribution in [3.63, 3.8) is 0 Å². The number of carbonyl (C=O) groups is 2. The van der Waals surface area contributed by atoms with Crippen LogP contribution >= 0.6 is 0 Å². The van der Waals surface area contributed by atoms with E-state index in [-0.39, 0.29) is 18.3 Å². The summed E-state index contributed by atoms with van der Waals surface area (Å²) >= 11 is 0. The molecule has 0 atom stereocenters. The highest BCUT2D eigenvalue weighted by Crippen LogP contribution is 2.26. The zero-order chi connectivity index (χ0) is 29.3. The van der Waals surface area contributed by atoms with Gasteiger partial charge in [-0.2, -0.15) is 0 Å². The fourth-order valence-electron chi connectivity index (χ4n) is 5.61. The maximum atomic E-state index is 13.5. The van der Waals surface area contributed by atoms with Crippen molar-refractivity contribution < 1.29 is 19.4 Å². The molecule has 1 N–H and O–H groups in total. The molecule has 1 aromatic heterocycles. The third-order valence-electron chi connectivity index (χ3n) is 8.00. The number of carbonyl (C=O) groups excluding carboxylic acids is 1. The van der Waals surface area contributed by atoms with Crippen molar-refractivity contribution in [2.45, 2.75) is 129 Å². The minimum Gasteiger partial charge on any atom is -0.490 e. The monoisotopic (exact) mass is 561 g/mol. The second kappa shape index (κ2) is 18.4. The number of aryl methyl sites for hydroxylation is 1. The number of carboxylic acid groups (broad SMARTS) is 1. The van der Waals surface area contributed by atoms with Crippen molar-refractivity contribution >= 4 is 22.7 Å². The van der Waals surface area contributed by atoms with Crippen LogP contribution in [0.2, 0.25) is 0 Å². The number of para-hydroxylation sites is 1. The lowest BCUT2D eigenvalue weighted by Gasteiger charge is -2.19. The number of ketones is 1. The Morgan fingerprint density at radius 1 is 0.756 bits per heavy atom. The number of hydrogen-bond donors (Lipinski definition) is 1. The van der Waals surface area contributed by atoms with Crippen LogP contribution in [-0.4, -0.2) is 27.5 Å². The molecule has 0 spiro atoms. The molecule has 41 heavy (non-hydrogen) atoms. The molecule has 2 aromatic carbocycles. The highest BCUT2D eigenvalue weighted by Gasteiger charge is 2.18. The minimum atomic E-state index is -0.804. The maximum Gasteiger partial charge on any atom is 0.303 e. The molecule has 0 unspecified atom stereocenters. The number of benzene rings is 2. The van der Waals surface area contributed by atoms with Crippen molar-refractivity contribution in [2.24, 2.45) is 0 Å². The third kappa shape index (κ3) is 11.0. The number of carboxylic acids is 1. The lowest BCUT2D eigenvalue weighted by molar-refractivity contribution is -0.137. The highest BCUT2D eigenvalue weighted by molar-refractivity contribution is 6.16. The predicted octanol–water partition coefficient (Wildman–Crippen LogP) is 9.99. The van der Waals surface area contributed by atoms with Crippen molar-refractivity contribution in [3.05, 3.63) is 65.9 Å². The quantitative estimate of drug-likeness (QED) is 0.0979. The highest BCUT2D eigenvalue weighted by atomic mass is 16.5. The van der Waals surface area contributed by atoms with Crippen LogP contribution in [0.25, 0.3) is 10.9 Å². The van der Waals surface area contributed by atoms with E-state index in [1.165, 1.54) is 77.0 Å². The summed E-state index contributed by atoms with van der Waals surface area (Å²) in [4.78, 5) is 24.5. The Balaban J connectivity index is 1.63. The van der Waals surface area contributed by atoms with Crippen LogP contribution in [0.15, 0.2) is 54.7 Å². The van der Waals surface area contributed by atoms with Gasteiger partial charge in [0.2, 0.25) is 0 Å². The second-order valence-electron chi connectivity index (χ2n) is 11.5. The van der Waals surface area contributed by atoms with Gasteiger partial charge in [0, 0.05) is 41.2 Å². The van der Waals surface area contributed by atoms with Crippen molar-refractivity contribution in [1.82, 2.24) is 4.57 Å². The molecule has 0 bridgehead atoms. The summed E-state index contributed by atoms with van der Waals surface area (Å²) < 4.78 is 8.48. The van der Waals surface area contributed by atoms with E-state index in [1.54, 1.807) is 0 Å². The first-order valence-electron chi connectivity index (χ1n) is 16.1. The molecule has 0 amide bonds. The minimum absolute atomic E-state index is 0.0274. The van der Waals surface area contributed by atoms with Crippen LogP contribution in [0.4, 0.5) is 0 Å². The van der Waals surface area contributed by atoms with Crippen molar-refractivity contribution in [3.8, 4) is 5.75 Å². The molecular weight excluding hydrogens is 510 g/mol. The van der Waals surface area contributed by atoms with Gasteiger partial charge in [-0.25, -0.2) is 0 Å². The Labute approximate surface area is 247 Å². The topological polar surface area (TPSA) is 68.5 Å². The standard InChI is InChI=1S/C36H51NO4/c1-3-5-7-9-11-13-18-30(19-14-12-10-8-6-4-2)41-31-25-23-29(24-26-31)36(40)33-28-37(27-17-22-35(38)39)34-21-16-15-20-32(33)34/h15-16,20-21,23-26,28,30H,3-14,17-19,22,27H2,1-2H3,(H,38,39). The number of aromatic nitrogens is 1. The van der Waals surface area contributed by atoms with Crippen LogP contribution < -0.4 is 4.74 Å². The third-order valence-corrected chi connectivity index (χ3v) is 8.00. The van der Waals surface area contributed by atoms with Crippen LogP contribution in [0.1, 0.15) is 133 Å². The second-order valence-corrected chi connectivity index (χ2v) is 11.5. The van der Waals surface area contributed by atoms with E-state index in [4.69, 9.17) is 9.84 Å². The fourth-order valence-corrected chi connectivity index (χ4v) is 5.61. The average Bonchev–Trinajstić information content (AvgIpc) is 3.35. The lowest BCUT2D eigenvalue weighted by Crippen LogP contribution is -2.16. The summed E-state index contributed by atoms with van der Waals surface area (Å²) in [7, 11) is 0. The zero-order valence-corrected chi connectivity index (χ0v) is 25.4. The largest absolute Gasteiger partial charge is 0.490 e. The molecular formula is C36H51NO4. The first kappa shape index (κ1) is 32.4. The first-order chi connectivity index (χ1) is 20.0. The Morgan fingerprint density at radius 2 is 1.34 bits per heavy atom. The molecule has 0 fully saturated rings. The van der Waals surface area contributed by atoms with Gasteiger partial charge in [0.05, 0.1) is 6.10 Å². The average molecular weight is 562 g/mol. The summed E-state index contributed by atoms with van der Waals surface area (Å²) in [5.41, 5.74) is 2.23. The molecule has 1 heterocycles. The first-order valence-corrected chi connectivity index (χ1v) is 16.1. The summed E-state index contributed by atoms with van der Waals surface area (Å²) in [6.07, 6.45) is 20.3. The van der Waals surface area contributed by atoms with Crippen LogP contribution in [0, 0.1) is 0 Å². The van der Waals surface area contributed by atoms with Gasteiger partial charge in [0.15, 0.2) is 5.78 Å². The summed E-state index contributed by atoms with van der Waals surface area (Å²) in [5.74, 6) is 0.00122. The SMILES string of the molecule is CCCCCCCCC(CCCCCCCC)Oc1ccc(C(=O)c2cn(CCCC(=O)O)c3ccccc23)cc1. The van der Waals surface area contributed by atoms with Gasteiger partial charge in [0.25, 0.3) is 0 Å². The van der Waals surface area contributed by atoms with Gasteiger partial charge in [-0.1, -0.05) is 96.3 Å². The number of fused-ring (bicyclic) bond motifs is 1.